The average Bonchev–Trinajstić information content (AvgIpc) is 1.99. The molecule has 2 radical (unpaired) electrons. The second-order valence-electron chi connectivity index (χ2n) is 2.08. The third-order valence-corrected chi connectivity index (χ3v) is 1.29. The van der Waals surface area contributed by atoms with Gasteiger partial charge in [-0.15, -0.1) is 6.42 Å². The van der Waals surface area contributed by atoms with E-state index in [-0.39, 0.29) is 11.6 Å². The molecular formula is C7H6BN3. The van der Waals surface area contributed by atoms with Gasteiger partial charge >= 0.3 is 0 Å². The Balaban J connectivity index is 3.35. The predicted molar refractivity (Wildman–Crippen MR) is 44.5 cm³/mol. The molecule has 0 aromatic carbocycles. The number of aryl methyl sites for hydroxylation is 1. The van der Waals surface area contributed by atoms with Crippen molar-refractivity contribution in [2.45, 2.75) is 6.92 Å². The number of aromatic nitrogens is 2. The Hall–Kier alpha value is -1.50. The zero-order chi connectivity index (χ0) is 8.43. The summed E-state index contributed by atoms with van der Waals surface area (Å²) >= 11 is 0. The van der Waals surface area contributed by atoms with Crippen LogP contribution in [0.3, 0.4) is 0 Å². The fourth-order valence-electron chi connectivity index (χ4n) is 0.668. The molecule has 0 atom stereocenters. The standard InChI is InChI=1S/C7H6BN3/c1-3-5-10-4(2)6(8)7(9)11-5/h1H,2H3,(H2,9,10,11). The van der Waals surface area contributed by atoms with Crippen LogP contribution in [0, 0.1) is 19.3 Å². The Morgan fingerprint density at radius 3 is 2.64 bits per heavy atom. The van der Waals surface area contributed by atoms with E-state index in [9.17, 15) is 0 Å². The van der Waals surface area contributed by atoms with Crippen molar-refractivity contribution in [2.24, 2.45) is 0 Å². The molecule has 1 rings (SSSR count). The highest BCUT2D eigenvalue weighted by atomic mass is 14.9. The van der Waals surface area contributed by atoms with Crippen LogP contribution >= 0.6 is 0 Å². The van der Waals surface area contributed by atoms with E-state index in [1.54, 1.807) is 6.92 Å². The van der Waals surface area contributed by atoms with Crippen LogP contribution in [0.25, 0.3) is 0 Å². The third-order valence-electron chi connectivity index (χ3n) is 1.29. The van der Waals surface area contributed by atoms with Crippen LogP contribution in [0.2, 0.25) is 0 Å². The van der Waals surface area contributed by atoms with Gasteiger partial charge in [-0.3, -0.25) is 0 Å². The number of hydrogen-bond acceptors (Lipinski definition) is 3. The normalized spacial score (nSPS) is 9.09. The summed E-state index contributed by atoms with van der Waals surface area (Å²) in [6.07, 6.45) is 5.07. The molecule has 0 unspecified atom stereocenters. The summed E-state index contributed by atoms with van der Waals surface area (Å²) in [5.74, 6) is 2.79. The topological polar surface area (TPSA) is 51.8 Å². The van der Waals surface area contributed by atoms with Gasteiger partial charge in [-0.1, -0.05) is 0 Å². The summed E-state index contributed by atoms with van der Waals surface area (Å²) in [5, 5.41) is 0. The van der Waals surface area contributed by atoms with Crippen molar-refractivity contribution in [1.82, 2.24) is 9.97 Å². The van der Waals surface area contributed by atoms with Crippen LogP contribution in [-0.4, -0.2) is 17.8 Å². The van der Waals surface area contributed by atoms with Gasteiger partial charge in [0, 0.05) is 5.69 Å². The number of nitrogens with zero attached hydrogens (tertiary/aromatic N) is 2. The van der Waals surface area contributed by atoms with E-state index in [2.05, 4.69) is 15.9 Å². The molecular weight excluding hydrogens is 137 g/mol. The van der Waals surface area contributed by atoms with E-state index in [0.717, 1.165) is 0 Å². The Morgan fingerprint density at radius 2 is 2.18 bits per heavy atom. The zero-order valence-corrected chi connectivity index (χ0v) is 6.13. The van der Waals surface area contributed by atoms with E-state index >= 15 is 0 Å². The van der Waals surface area contributed by atoms with Gasteiger partial charge in [0.15, 0.2) is 0 Å². The number of nitrogen functional groups attached to an aromatic ring is 1. The SMILES string of the molecule is [B]c1c(C)nc(C#C)nc1N. The molecule has 0 bridgehead atoms. The Kier molecular flexibility index (Phi) is 1.82. The summed E-state index contributed by atoms with van der Waals surface area (Å²) in [4.78, 5) is 7.66. The number of nitrogens with two attached hydrogens (primary N) is 1. The molecule has 0 amide bonds. The molecule has 0 spiro atoms. The van der Waals surface area contributed by atoms with Gasteiger partial charge in [0.1, 0.15) is 13.7 Å². The molecule has 52 valence electrons. The van der Waals surface area contributed by atoms with Crippen molar-refractivity contribution in [3.05, 3.63) is 11.5 Å². The summed E-state index contributed by atoms with van der Waals surface area (Å²) in [6.45, 7) is 1.73. The Morgan fingerprint density at radius 1 is 1.55 bits per heavy atom. The minimum Gasteiger partial charge on any atom is -0.384 e. The lowest BCUT2D eigenvalue weighted by atomic mass is 9.95. The maximum atomic E-state index is 5.49. The molecule has 1 aromatic rings. The van der Waals surface area contributed by atoms with Crippen LogP contribution < -0.4 is 11.2 Å². The first kappa shape index (κ1) is 7.61. The van der Waals surface area contributed by atoms with Gasteiger partial charge in [-0.25, -0.2) is 9.97 Å². The van der Waals surface area contributed by atoms with E-state index < -0.39 is 0 Å². The second kappa shape index (κ2) is 2.63. The van der Waals surface area contributed by atoms with Gasteiger partial charge in [0.2, 0.25) is 5.82 Å². The van der Waals surface area contributed by atoms with Gasteiger partial charge in [-0.2, -0.15) is 0 Å². The summed E-state index contributed by atoms with van der Waals surface area (Å²) < 4.78 is 0. The maximum absolute atomic E-state index is 5.49. The number of hydrogen-bond donors (Lipinski definition) is 1. The Labute approximate surface area is 66.5 Å². The highest BCUT2D eigenvalue weighted by Gasteiger charge is 2.01. The van der Waals surface area contributed by atoms with Crippen molar-refractivity contribution in [3.8, 4) is 12.3 Å². The minimum absolute atomic E-state index is 0.241. The molecule has 0 fully saturated rings. The van der Waals surface area contributed by atoms with E-state index in [4.69, 9.17) is 20.0 Å². The molecule has 0 saturated carbocycles. The van der Waals surface area contributed by atoms with Crippen molar-refractivity contribution < 1.29 is 0 Å². The lowest BCUT2D eigenvalue weighted by Crippen LogP contribution is -2.18. The average molecular weight is 143 g/mol. The van der Waals surface area contributed by atoms with E-state index in [0.29, 0.717) is 11.2 Å². The highest BCUT2D eigenvalue weighted by molar-refractivity contribution is 6.35. The molecule has 3 nitrogen and oxygen atoms in total. The summed E-state index contributed by atoms with van der Waals surface area (Å²) in [7, 11) is 5.49. The molecule has 0 saturated heterocycles. The highest BCUT2D eigenvalue weighted by Crippen LogP contribution is 1.95. The molecule has 1 heterocycles. The largest absolute Gasteiger partial charge is 0.384 e. The summed E-state index contributed by atoms with van der Waals surface area (Å²) in [6, 6.07) is 0. The first-order valence-corrected chi connectivity index (χ1v) is 3.01. The van der Waals surface area contributed by atoms with Crippen molar-refractivity contribution >= 4 is 19.1 Å². The first-order chi connectivity index (χ1) is 5.15. The zero-order valence-electron chi connectivity index (χ0n) is 6.13. The van der Waals surface area contributed by atoms with Gasteiger partial charge in [0.25, 0.3) is 0 Å². The summed E-state index contributed by atoms with van der Waals surface area (Å²) in [5.41, 5.74) is 6.43. The fraction of sp³-hybridized carbons (Fsp3) is 0.143. The Bertz CT molecular complexity index is 304. The van der Waals surface area contributed by atoms with Crippen molar-refractivity contribution in [1.29, 1.82) is 0 Å². The first-order valence-electron chi connectivity index (χ1n) is 3.01. The van der Waals surface area contributed by atoms with Gasteiger partial charge in [0.05, 0.1) is 0 Å². The van der Waals surface area contributed by atoms with E-state index in [1.165, 1.54) is 0 Å². The third kappa shape index (κ3) is 1.32. The quantitative estimate of drug-likeness (QED) is 0.379. The lowest BCUT2D eigenvalue weighted by molar-refractivity contribution is 1.10. The second-order valence-corrected chi connectivity index (χ2v) is 2.08. The van der Waals surface area contributed by atoms with Gasteiger partial charge in [-0.05, 0) is 18.3 Å². The lowest BCUT2D eigenvalue weighted by Gasteiger charge is -2.02. The van der Waals surface area contributed by atoms with E-state index in [1.807, 2.05) is 0 Å². The number of anilines is 1. The molecule has 2 N–H and O–H groups in total. The molecule has 11 heavy (non-hydrogen) atoms. The van der Waals surface area contributed by atoms with Crippen LogP contribution in [0.15, 0.2) is 0 Å². The smallest absolute Gasteiger partial charge is 0.206 e. The fourth-order valence-corrected chi connectivity index (χ4v) is 0.668. The van der Waals surface area contributed by atoms with Crippen LogP contribution in [0.5, 0.6) is 0 Å². The van der Waals surface area contributed by atoms with Crippen molar-refractivity contribution in [3.63, 3.8) is 0 Å². The number of terminal acetylenes is 1. The molecule has 4 heteroatoms. The maximum Gasteiger partial charge on any atom is 0.206 e. The molecule has 0 aliphatic carbocycles. The predicted octanol–water partition coefficient (Wildman–Crippen LogP) is -0.858. The van der Waals surface area contributed by atoms with Crippen LogP contribution in [0.4, 0.5) is 5.82 Å². The molecule has 0 aliphatic heterocycles. The van der Waals surface area contributed by atoms with Crippen LogP contribution in [-0.2, 0) is 0 Å². The molecule has 1 aromatic heterocycles. The minimum atomic E-state index is 0.241. The molecule has 0 aliphatic rings. The van der Waals surface area contributed by atoms with Crippen molar-refractivity contribution in [2.75, 3.05) is 5.73 Å². The van der Waals surface area contributed by atoms with Gasteiger partial charge < -0.3 is 5.73 Å². The van der Waals surface area contributed by atoms with Crippen LogP contribution in [0.1, 0.15) is 11.5 Å². The number of rotatable bonds is 0. The monoisotopic (exact) mass is 143 g/mol.